The molecule has 0 aliphatic heterocycles. The number of phosphoric acid groups is 1. The minimum atomic E-state index is -4.46. The average Bonchev–Trinajstić information content (AvgIpc) is 3.44. The number of rotatable bonds is 61. The fourth-order valence-electron chi connectivity index (χ4n) is 9.54. The predicted octanol–water partition coefficient (Wildman–Crippen LogP) is 21.3. The third-order valence-corrected chi connectivity index (χ3v) is 15.8. The Bertz CT molecular complexity index is 1660. The van der Waals surface area contributed by atoms with Gasteiger partial charge in [-0.1, -0.05) is 267 Å². The first-order valence-electron chi connectivity index (χ1n) is 33.9. The average molecular weight is 1150 g/mol. The van der Waals surface area contributed by atoms with Crippen molar-refractivity contribution >= 4 is 19.7 Å². The lowest BCUT2D eigenvalue weighted by atomic mass is 10.0. The van der Waals surface area contributed by atoms with E-state index in [4.69, 9.17) is 13.8 Å². The maximum Gasteiger partial charge on any atom is 0.472 e. The van der Waals surface area contributed by atoms with Gasteiger partial charge in [-0.2, -0.15) is 0 Å². The number of unbranched alkanes of at least 4 members (excludes halogenated alkanes) is 33. The van der Waals surface area contributed by atoms with Crippen LogP contribution in [0.2, 0.25) is 0 Å². The van der Waals surface area contributed by atoms with Crippen molar-refractivity contribution in [3.05, 3.63) is 85.1 Å². The molecule has 0 rings (SSSR count). The SMILES string of the molecule is CCCCC/C=C\C/C=C\C/C=C\C/C=C\CCCCCCCC(=O)NC(COP(=O)(O)OCC[N+](C)(C)C)C(/C=C/CCCCCCCCCCC)OC(=O)CCCCCCCCCCCCCCC/C=C\C/C=C\CCCCC. The van der Waals surface area contributed by atoms with Gasteiger partial charge >= 0.3 is 13.8 Å². The molecule has 0 saturated carbocycles. The summed E-state index contributed by atoms with van der Waals surface area (Å²) in [4.78, 5) is 37.8. The van der Waals surface area contributed by atoms with Crippen LogP contribution in [0.4, 0.5) is 0 Å². The van der Waals surface area contributed by atoms with Gasteiger partial charge in [-0.25, -0.2) is 4.57 Å². The smallest absolute Gasteiger partial charge is 0.456 e. The summed E-state index contributed by atoms with van der Waals surface area (Å²) in [7, 11) is 1.48. The molecule has 0 saturated heterocycles. The van der Waals surface area contributed by atoms with E-state index in [1.165, 1.54) is 167 Å². The highest BCUT2D eigenvalue weighted by atomic mass is 31.2. The van der Waals surface area contributed by atoms with Crippen LogP contribution in [0.25, 0.3) is 0 Å². The first-order chi connectivity index (χ1) is 39.4. The van der Waals surface area contributed by atoms with Crippen molar-refractivity contribution in [2.45, 2.75) is 315 Å². The number of esters is 1. The first-order valence-corrected chi connectivity index (χ1v) is 35.4. The number of carbonyl (C=O) groups excluding carboxylic acids is 2. The zero-order valence-electron chi connectivity index (χ0n) is 53.8. The molecule has 0 fully saturated rings. The van der Waals surface area contributed by atoms with Crippen LogP contribution in [0.1, 0.15) is 303 Å². The Hall–Kier alpha value is -2.81. The maximum atomic E-state index is 13.6. The molecule has 3 unspecified atom stereocenters. The van der Waals surface area contributed by atoms with Crippen LogP contribution >= 0.6 is 7.82 Å². The Morgan fingerprint density at radius 1 is 0.432 bits per heavy atom. The van der Waals surface area contributed by atoms with Crippen LogP contribution in [0.3, 0.4) is 0 Å². The summed E-state index contributed by atoms with van der Waals surface area (Å²) < 4.78 is 30.8. The van der Waals surface area contributed by atoms with Crippen molar-refractivity contribution in [1.82, 2.24) is 5.32 Å². The molecule has 10 heteroatoms. The third-order valence-electron chi connectivity index (χ3n) is 14.8. The van der Waals surface area contributed by atoms with Gasteiger partial charge in [-0.05, 0) is 109 Å². The zero-order valence-corrected chi connectivity index (χ0v) is 54.7. The van der Waals surface area contributed by atoms with E-state index < -0.39 is 20.0 Å². The van der Waals surface area contributed by atoms with Crippen molar-refractivity contribution < 1.29 is 37.3 Å². The van der Waals surface area contributed by atoms with E-state index in [1.807, 2.05) is 33.3 Å². The highest BCUT2D eigenvalue weighted by Crippen LogP contribution is 2.43. The monoisotopic (exact) mass is 1150 g/mol. The van der Waals surface area contributed by atoms with Crippen molar-refractivity contribution in [1.29, 1.82) is 0 Å². The molecule has 9 nitrogen and oxygen atoms in total. The maximum absolute atomic E-state index is 13.6. The van der Waals surface area contributed by atoms with E-state index in [2.05, 4.69) is 99.0 Å². The van der Waals surface area contributed by atoms with Crippen LogP contribution in [0, 0.1) is 0 Å². The zero-order chi connectivity index (χ0) is 59.3. The molecule has 0 aliphatic carbocycles. The number of allylic oxidation sites excluding steroid dienone is 13. The highest BCUT2D eigenvalue weighted by Gasteiger charge is 2.30. The van der Waals surface area contributed by atoms with E-state index in [0.29, 0.717) is 17.4 Å². The van der Waals surface area contributed by atoms with Crippen molar-refractivity contribution in [3.8, 4) is 0 Å². The number of hydrogen-bond acceptors (Lipinski definition) is 6. The van der Waals surface area contributed by atoms with E-state index in [0.717, 1.165) is 103 Å². The number of nitrogens with one attached hydrogen (secondary N) is 1. The van der Waals surface area contributed by atoms with Crippen LogP contribution < -0.4 is 5.32 Å². The number of hydrogen-bond donors (Lipinski definition) is 2. The van der Waals surface area contributed by atoms with Gasteiger partial charge in [0.1, 0.15) is 19.3 Å². The number of amides is 1. The van der Waals surface area contributed by atoms with Gasteiger partial charge < -0.3 is 19.4 Å². The standard InChI is InChI=1S/C71H129N2O7P/c1-7-10-13-16-19-22-25-27-29-31-33-35-36-38-40-42-44-46-49-52-55-58-61-64-71(75)80-69(62-59-56-53-50-47-24-21-18-15-12-9-3)68(67-79-81(76,77)78-66-65-73(4,5)6)72-70(74)63-60-57-54-51-48-45-43-41-39-37-34-32-30-28-26-23-20-17-14-11-8-2/h19-20,22-23,27-30,34,37,41,43,59,62,68-69H,7-18,21,24-26,31-33,35-36,38-40,42,44-58,60-61,63-67H2,1-6H3,(H-,72,74,76,77)/p+1/b22-19-,23-20-,29-27-,30-28-,37-34-,43-41-,62-59+. The topological polar surface area (TPSA) is 111 Å². The largest absolute Gasteiger partial charge is 0.472 e. The summed E-state index contributed by atoms with van der Waals surface area (Å²) in [6, 6.07) is -0.862. The lowest BCUT2D eigenvalue weighted by Crippen LogP contribution is -2.47. The molecule has 0 aromatic carbocycles. The van der Waals surface area contributed by atoms with Gasteiger partial charge in [0.15, 0.2) is 0 Å². The quantitative estimate of drug-likeness (QED) is 0.0205. The summed E-state index contributed by atoms with van der Waals surface area (Å²) in [6.07, 6.45) is 80.1. The molecule has 81 heavy (non-hydrogen) atoms. The lowest BCUT2D eigenvalue weighted by Gasteiger charge is -2.27. The van der Waals surface area contributed by atoms with Crippen molar-refractivity contribution in [3.63, 3.8) is 0 Å². The van der Waals surface area contributed by atoms with Gasteiger partial charge in [0.25, 0.3) is 0 Å². The number of likely N-dealkylation sites (N-methyl/N-ethyl adjacent to an activating group) is 1. The van der Waals surface area contributed by atoms with Crippen LogP contribution in [0.5, 0.6) is 0 Å². The summed E-state index contributed by atoms with van der Waals surface area (Å²) in [5.41, 5.74) is 0. The molecule has 1 amide bonds. The Balaban J connectivity index is 5.13. The summed E-state index contributed by atoms with van der Waals surface area (Å²) >= 11 is 0. The van der Waals surface area contributed by atoms with Crippen molar-refractivity contribution in [2.75, 3.05) is 40.9 Å². The molecular formula is C71H130N2O7P+. The minimum Gasteiger partial charge on any atom is -0.456 e. The second kappa shape index (κ2) is 60.3. The molecule has 2 N–H and O–H groups in total. The van der Waals surface area contributed by atoms with Gasteiger partial charge in [-0.15, -0.1) is 0 Å². The minimum absolute atomic E-state index is 0.0334. The Labute approximate surface area is 501 Å². The molecule has 0 spiro atoms. The molecule has 3 atom stereocenters. The van der Waals surface area contributed by atoms with E-state index in [1.54, 1.807) is 0 Å². The summed E-state index contributed by atoms with van der Waals surface area (Å²) in [5.74, 6) is -0.523. The number of carbonyl (C=O) groups is 2. The third kappa shape index (κ3) is 61.6. The molecule has 0 bridgehead atoms. The second-order valence-corrected chi connectivity index (χ2v) is 25.4. The van der Waals surface area contributed by atoms with Crippen molar-refractivity contribution in [2.24, 2.45) is 0 Å². The number of ether oxygens (including phenoxy) is 1. The van der Waals surface area contributed by atoms with E-state index >= 15 is 0 Å². The predicted molar refractivity (Wildman–Crippen MR) is 351 cm³/mol. The molecule has 0 heterocycles. The molecule has 0 aliphatic rings. The van der Waals surface area contributed by atoms with Gasteiger partial charge in [-0.3, -0.25) is 18.6 Å². The first kappa shape index (κ1) is 78.2. The molecule has 0 aromatic heterocycles. The number of nitrogens with zero attached hydrogens (tertiary/aromatic N) is 1. The second-order valence-electron chi connectivity index (χ2n) is 24.0. The van der Waals surface area contributed by atoms with Crippen LogP contribution in [0.15, 0.2) is 85.1 Å². The van der Waals surface area contributed by atoms with Crippen LogP contribution in [-0.4, -0.2) is 74.3 Å². The van der Waals surface area contributed by atoms with Gasteiger partial charge in [0.05, 0.1) is 33.8 Å². The number of phosphoric ester groups is 1. The van der Waals surface area contributed by atoms with Gasteiger partial charge in [0.2, 0.25) is 5.91 Å². The summed E-state index contributed by atoms with van der Waals surface area (Å²) in [5, 5.41) is 3.05. The number of quaternary nitrogens is 1. The lowest BCUT2D eigenvalue weighted by molar-refractivity contribution is -0.870. The Morgan fingerprint density at radius 2 is 0.753 bits per heavy atom. The van der Waals surface area contributed by atoms with Crippen LogP contribution in [-0.2, 0) is 27.9 Å². The van der Waals surface area contributed by atoms with E-state index in [9.17, 15) is 19.0 Å². The highest BCUT2D eigenvalue weighted by molar-refractivity contribution is 7.47. The normalized spacial score (nSPS) is 14.1. The molecule has 0 radical (unpaired) electrons. The fraction of sp³-hybridized carbons (Fsp3) is 0.775. The van der Waals surface area contributed by atoms with Gasteiger partial charge in [0, 0.05) is 12.8 Å². The molecular weight excluding hydrogens is 1020 g/mol. The van der Waals surface area contributed by atoms with E-state index in [-0.39, 0.29) is 31.5 Å². The molecule has 470 valence electrons. The Kier molecular flexibility index (Phi) is 58.2. The molecule has 0 aromatic rings. The Morgan fingerprint density at radius 3 is 1.15 bits per heavy atom. The summed E-state index contributed by atoms with van der Waals surface area (Å²) in [6.45, 7) is 6.96. The fourth-order valence-corrected chi connectivity index (χ4v) is 10.3.